The maximum Gasteiger partial charge on any atom is 0.257 e. The van der Waals surface area contributed by atoms with Crippen LogP contribution in [0.5, 0.6) is 11.6 Å². The third-order valence-electron chi connectivity index (χ3n) is 5.84. The van der Waals surface area contributed by atoms with E-state index in [9.17, 15) is 9.59 Å². The van der Waals surface area contributed by atoms with Gasteiger partial charge in [0, 0.05) is 36.8 Å². The highest BCUT2D eigenvalue weighted by atomic mass is 79.9. The van der Waals surface area contributed by atoms with Gasteiger partial charge in [-0.15, -0.1) is 0 Å². The first-order valence-electron chi connectivity index (χ1n) is 11.8. The highest BCUT2D eigenvalue weighted by Gasteiger charge is 2.29. The molecular weight excluding hydrogens is 524 g/mol. The first kappa shape index (κ1) is 25.8. The van der Waals surface area contributed by atoms with Crippen LogP contribution >= 0.6 is 15.9 Å². The molecule has 0 bridgehead atoms. The van der Waals surface area contributed by atoms with Crippen molar-refractivity contribution in [1.29, 1.82) is 0 Å². The number of piperazine rings is 1. The van der Waals surface area contributed by atoms with E-state index >= 15 is 0 Å². The molecule has 188 valence electrons. The van der Waals surface area contributed by atoms with Crippen LogP contribution in [0.15, 0.2) is 77.4 Å². The molecule has 1 aromatic heterocycles. The van der Waals surface area contributed by atoms with Crippen LogP contribution in [-0.2, 0) is 16.1 Å². The minimum Gasteiger partial charge on any atom is -0.438 e. The Bertz CT molecular complexity index is 1170. The molecular formula is C27H29BrN4O4. The van der Waals surface area contributed by atoms with Crippen LogP contribution in [0.4, 0.5) is 0 Å². The third kappa shape index (κ3) is 7.13. The van der Waals surface area contributed by atoms with Gasteiger partial charge in [0.1, 0.15) is 17.4 Å². The molecule has 2 aromatic carbocycles. The summed E-state index contributed by atoms with van der Waals surface area (Å²) in [5.74, 6) is 0.0734. The number of nitrogens with zero attached hydrogens (tertiary/aromatic N) is 3. The summed E-state index contributed by atoms with van der Waals surface area (Å²) in [5, 5.41) is 2.87. The standard InChI is InChI=1S/C27H29BrN4O4/c1-31-13-15-32(16-14-31)27(34)24(19-35-18-20-7-3-2-4-8-20)30-25(33)23-11-6-12-29-26(23)36-22-10-5-9-21(28)17-22/h2-12,17,24H,13-16,18-19H2,1H3,(H,30,33)/t24-/m1/s1. The molecule has 0 spiro atoms. The van der Waals surface area contributed by atoms with Crippen molar-refractivity contribution in [2.24, 2.45) is 0 Å². The number of benzene rings is 2. The van der Waals surface area contributed by atoms with Crippen molar-refractivity contribution in [3.63, 3.8) is 0 Å². The fraction of sp³-hybridized carbons (Fsp3) is 0.296. The molecule has 0 radical (unpaired) electrons. The number of hydrogen-bond acceptors (Lipinski definition) is 6. The van der Waals surface area contributed by atoms with Crippen molar-refractivity contribution in [3.8, 4) is 11.6 Å². The molecule has 4 rings (SSSR count). The Morgan fingerprint density at radius 2 is 1.81 bits per heavy atom. The van der Waals surface area contributed by atoms with Gasteiger partial charge in [0.25, 0.3) is 5.91 Å². The van der Waals surface area contributed by atoms with E-state index in [0.29, 0.717) is 25.4 Å². The zero-order valence-electron chi connectivity index (χ0n) is 20.1. The molecule has 1 aliphatic rings. The van der Waals surface area contributed by atoms with Crippen LogP contribution in [0.3, 0.4) is 0 Å². The summed E-state index contributed by atoms with van der Waals surface area (Å²) >= 11 is 3.42. The van der Waals surface area contributed by atoms with Crippen LogP contribution in [0.1, 0.15) is 15.9 Å². The van der Waals surface area contributed by atoms with Gasteiger partial charge in [-0.1, -0.05) is 52.3 Å². The van der Waals surface area contributed by atoms with Gasteiger partial charge < -0.3 is 24.6 Å². The zero-order valence-corrected chi connectivity index (χ0v) is 21.7. The predicted molar refractivity (Wildman–Crippen MR) is 140 cm³/mol. The molecule has 1 N–H and O–H groups in total. The van der Waals surface area contributed by atoms with Gasteiger partial charge in [0.2, 0.25) is 11.8 Å². The van der Waals surface area contributed by atoms with E-state index in [1.165, 1.54) is 0 Å². The number of halogens is 1. The predicted octanol–water partition coefficient (Wildman–Crippen LogP) is 3.73. The van der Waals surface area contributed by atoms with Gasteiger partial charge in [-0.3, -0.25) is 9.59 Å². The van der Waals surface area contributed by atoms with E-state index in [2.05, 4.69) is 31.1 Å². The summed E-state index contributed by atoms with van der Waals surface area (Å²) in [6.45, 7) is 3.16. The normalized spacial score (nSPS) is 14.8. The number of amides is 2. The summed E-state index contributed by atoms with van der Waals surface area (Å²) in [7, 11) is 2.03. The molecule has 2 amide bonds. The lowest BCUT2D eigenvalue weighted by atomic mass is 10.2. The number of carbonyl (C=O) groups excluding carboxylic acids is 2. The molecule has 2 heterocycles. The third-order valence-corrected chi connectivity index (χ3v) is 6.33. The van der Waals surface area contributed by atoms with Crippen molar-refractivity contribution in [1.82, 2.24) is 20.1 Å². The van der Waals surface area contributed by atoms with E-state index in [1.807, 2.05) is 49.5 Å². The van der Waals surface area contributed by atoms with E-state index in [-0.39, 0.29) is 24.0 Å². The maximum absolute atomic E-state index is 13.4. The number of ether oxygens (including phenoxy) is 2. The Labute approximate surface area is 219 Å². The van der Waals surface area contributed by atoms with Crippen LogP contribution < -0.4 is 10.1 Å². The van der Waals surface area contributed by atoms with Crippen molar-refractivity contribution in [2.45, 2.75) is 12.6 Å². The molecule has 0 saturated carbocycles. The topological polar surface area (TPSA) is 84.0 Å². The lowest BCUT2D eigenvalue weighted by Gasteiger charge is -2.34. The lowest BCUT2D eigenvalue weighted by Crippen LogP contribution is -2.55. The van der Waals surface area contributed by atoms with Crippen molar-refractivity contribution < 1.29 is 19.1 Å². The Morgan fingerprint density at radius 3 is 2.56 bits per heavy atom. The highest BCUT2D eigenvalue weighted by Crippen LogP contribution is 2.25. The lowest BCUT2D eigenvalue weighted by molar-refractivity contribution is -0.136. The van der Waals surface area contributed by atoms with Crippen molar-refractivity contribution in [3.05, 3.63) is 88.5 Å². The molecule has 1 atom stereocenters. The van der Waals surface area contributed by atoms with E-state index in [1.54, 1.807) is 35.4 Å². The first-order valence-corrected chi connectivity index (χ1v) is 12.6. The van der Waals surface area contributed by atoms with Gasteiger partial charge in [-0.05, 0) is 42.9 Å². The van der Waals surface area contributed by atoms with Crippen LogP contribution in [0.2, 0.25) is 0 Å². The second kappa shape index (κ2) is 12.6. The fourth-order valence-electron chi connectivity index (χ4n) is 3.81. The summed E-state index contributed by atoms with van der Waals surface area (Å²) in [4.78, 5) is 34.9. The Hall–Kier alpha value is -3.27. The molecule has 8 nitrogen and oxygen atoms in total. The van der Waals surface area contributed by atoms with Gasteiger partial charge in [-0.25, -0.2) is 4.98 Å². The molecule has 36 heavy (non-hydrogen) atoms. The molecule has 0 unspecified atom stereocenters. The molecule has 1 saturated heterocycles. The Kier molecular flexibility index (Phi) is 9.05. The molecule has 3 aromatic rings. The number of nitrogens with one attached hydrogen (secondary N) is 1. The smallest absolute Gasteiger partial charge is 0.257 e. The summed E-state index contributed by atoms with van der Waals surface area (Å²) < 4.78 is 12.6. The van der Waals surface area contributed by atoms with Gasteiger partial charge in [-0.2, -0.15) is 0 Å². The molecule has 1 fully saturated rings. The fourth-order valence-corrected chi connectivity index (χ4v) is 4.19. The number of carbonyl (C=O) groups is 2. The number of aromatic nitrogens is 1. The quantitative estimate of drug-likeness (QED) is 0.435. The minimum absolute atomic E-state index is 0.0495. The highest BCUT2D eigenvalue weighted by molar-refractivity contribution is 9.10. The van der Waals surface area contributed by atoms with Crippen LogP contribution in [-0.4, -0.2) is 72.5 Å². The number of pyridine rings is 1. The van der Waals surface area contributed by atoms with Gasteiger partial charge >= 0.3 is 0 Å². The summed E-state index contributed by atoms with van der Waals surface area (Å²) in [5.41, 5.74) is 1.23. The first-order chi connectivity index (χ1) is 17.5. The van der Waals surface area contributed by atoms with Crippen LogP contribution in [0, 0.1) is 0 Å². The maximum atomic E-state index is 13.4. The summed E-state index contributed by atoms with van der Waals surface area (Å²) in [6, 6.07) is 19.4. The average Bonchev–Trinajstić information content (AvgIpc) is 2.89. The molecule has 9 heteroatoms. The molecule has 1 aliphatic heterocycles. The SMILES string of the molecule is CN1CCN(C(=O)[C@@H](COCc2ccccc2)NC(=O)c2cccnc2Oc2cccc(Br)c2)CC1. The Balaban J connectivity index is 1.48. The van der Waals surface area contributed by atoms with Gasteiger partial charge in [0.15, 0.2) is 0 Å². The van der Waals surface area contributed by atoms with Crippen molar-refractivity contribution in [2.75, 3.05) is 39.8 Å². The monoisotopic (exact) mass is 552 g/mol. The Morgan fingerprint density at radius 1 is 1.03 bits per heavy atom. The summed E-state index contributed by atoms with van der Waals surface area (Å²) in [6.07, 6.45) is 1.56. The number of hydrogen-bond donors (Lipinski definition) is 1. The second-order valence-corrected chi connectivity index (χ2v) is 9.49. The van der Waals surface area contributed by atoms with E-state index in [0.717, 1.165) is 23.1 Å². The van der Waals surface area contributed by atoms with Crippen LogP contribution in [0.25, 0.3) is 0 Å². The average molecular weight is 553 g/mol. The van der Waals surface area contributed by atoms with Crippen molar-refractivity contribution >= 4 is 27.7 Å². The number of rotatable bonds is 9. The molecule has 0 aliphatic carbocycles. The second-order valence-electron chi connectivity index (χ2n) is 8.57. The minimum atomic E-state index is -0.844. The zero-order chi connectivity index (χ0) is 25.3. The van der Waals surface area contributed by atoms with Gasteiger partial charge in [0.05, 0.1) is 13.2 Å². The van der Waals surface area contributed by atoms with E-state index in [4.69, 9.17) is 9.47 Å². The number of likely N-dealkylation sites (N-methyl/N-ethyl adjacent to an activating group) is 1. The van der Waals surface area contributed by atoms with E-state index < -0.39 is 11.9 Å². The largest absolute Gasteiger partial charge is 0.438 e.